The van der Waals surface area contributed by atoms with E-state index in [0.29, 0.717) is 5.69 Å². The van der Waals surface area contributed by atoms with E-state index in [9.17, 15) is 13.6 Å². The third-order valence-electron chi connectivity index (χ3n) is 2.39. The minimum Gasteiger partial charge on any atom is -0.275 e. The normalized spacial score (nSPS) is 10.6. The van der Waals surface area contributed by atoms with Gasteiger partial charge in [-0.15, -0.1) is 0 Å². The average molecular weight is 300 g/mol. The lowest BCUT2D eigenvalue weighted by molar-refractivity contribution is 0.564. The van der Waals surface area contributed by atoms with E-state index in [-0.39, 0.29) is 10.2 Å². The Hall–Kier alpha value is -1.49. The summed E-state index contributed by atoms with van der Waals surface area (Å²) in [6.45, 7) is 1.61. The van der Waals surface area contributed by atoms with E-state index in [1.807, 2.05) is 0 Å². The lowest BCUT2D eigenvalue weighted by atomic mass is 10.2. The van der Waals surface area contributed by atoms with Gasteiger partial charge in [-0.1, -0.05) is 6.07 Å². The molecule has 1 heterocycles. The lowest BCUT2D eigenvalue weighted by Crippen LogP contribution is -2.22. The van der Waals surface area contributed by atoms with Crippen molar-refractivity contribution in [2.75, 3.05) is 0 Å². The number of rotatable bonds is 1. The van der Waals surface area contributed by atoms with Crippen molar-refractivity contribution in [1.29, 1.82) is 0 Å². The van der Waals surface area contributed by atoms with Gasteiger partial charge in [0.2, 0.25) is 0 Å². The second-order valence-corrected chi connectivity index (χ2v) is 4.39. The molecule has 0 N–H and O–H groups in total. The fourth-order valence-corrected chi connectivity index (χ4v) is 1.90. The predicted molar refractivity (Wildman–Crippen MR) is 64.4 cm³/mol. The van der Waals surface area contributed by atoms with E-state index < -0.39 is 17.2 Å². The number of halogens is 3. The van der Waals surface area contributed by atoms with E-state index in [4.69, 9.17) is 0 Å². The van der Waals surface area contributed by atoms with Crippen LogP contribution in [0.2, 0.25) is 0 Å². The van der Waals surface area contributed by atoms with Crippen LogP contribution in [0.1, 0.15) is 5.69 Å². The maximum absolute atomic E-state index is 13.6. The van der Waals surface area contributed by atoms with Gasteiger partial charge in [0, 0.05) is 5.69 Å². The molecule has 17 heavy (non-hydrogen) atoms. The maximum Gasteiger partial charge on any atom is 0.269 e. The molecule has 0 unspecified atom stereocenters. The zero-order valence-electron chi connectivity index (χ0n) is 8.88. The molecule has 0 amide bonds. The largest absolute Gasteiger partial charge is 0.275 e. The number of hydrogen-bond donors (Lipinski definition) is 0. The zero-order chi connectivity index (χ0) is 12.6. The highest BCUT2D eigenvalue weighted by Crippen LogP contribution is 2.18. The molecular weight excluding hydrogens is 292 g/mol. The summed E-state index contributed by atoms with van der Waals surface area (Å²) >= 11 is 3.05. The maximum atomic E-state index is 13.6. The standard InChI is InChI=1S/C12H8BrF2NO/c1-7-5-6-8(13)12(17)16(7)11-9(14)3-2-4-10(11)15/h2-6H,1H3. The van der Waals surface area contributed by atoms with Gasteiger partial charge in [-0.05, 0) is 47.1 Å². The Morgan fingerprint density at radius 3 is 2.29 bits per heavy atom. The summed E-state index contributed by atoms with van der Waals surface area (Å²) in [5.41, 5.74) is -0.382. The Kier molecular flexibility index (Phi) is 3.11. The van der Waals surface area contributed by atoms with Crippen LogP contribution in [-0.2, 0) is 0 Å². The summed E-state index contributed by atoms with van der Waals surface area (Å²) < 4.78 is 28.5. The molecule has 0 aliphatic carbocycles. The molecule has 0 radical (unpaired) electrons. The summed E-state index contributed by atoms with van der Waals surface area (Å²) in [5, 5.41) is 0. The number of pyridine rings is 1. The molecule has 0 saturated heterocycles. The van der Waals surface area contributed by atoms with Crippen molar-refractivity contribution < 1.29 is 8.78 Å². The summed E-state index contributed by atoms with van der Waals surface area (Å²) in [6, 6.07) is 6.65. The van der Waals surface area contributed by atoms with Crippen molar-refractivity contribution in [3.05, 3.63) is 62.5 Å². The highest BCUT2D eigenvalue weighted by molar-refractivity contribution is 9.10. The van der Waals surface area contributed by atoms with Crippen molar-refractivity contribution in [2.24, 2.45) is 0 Å². The second kappa shape index (κ2) is 4.41. The SMILES string of the molecule is Cc1ccc(Br)c(=O)n1-c1c(F)cccc1F. The molecule has 88 valence electrons. The van der Waals surface area contributed by atoms with Gasteiger partial charge in [-0.25, -0.2) is 8.78 Å². The van der Waals surface area contributed by atoms with Gasteiger partial charge in [0.15, 0.2) is 0 Å². The van der Waals surface area contributed by atoms with Crippen LogP contribution < -0.4 is 5.56 Å². The average Bonchev–Trinajstić information content (AvgIpc) is 2.28. The molecule has 0 fully saturated rings. The van der Waals surface area contributed by atoms with Gasteiger partial charge in [-0.3, -0.25) is 9.36 Å². The van der Waals surface area contributed by atoms with Crippen molar-refractivity contribution >= 4 is 15.9 Å². The van der Waals surface area contributed by atoms with Crippen LogP contribution in [0.15, 0.2) is 39.6 Å². The number of aryl methyl sites for hydroxylation is 1. The van der Waals surface area contributed by atoms with Gasteiger partial charge in [0.25, 0.3) is 5.56 Å². The summed E-state index contributed by atoms with van der Waals surface area (Å²) in [6.07, 6.45) is 0. The highest BCUT2D eigenvalue weighted by Gasteiger charge is 2.15. The smallest absolute Gasteiger partial charge is 0.269 e. The number of benzene rings is 1. The van der Waals surface area contributed by atoms with Crippen LogP contribution in [0.3, 0.4) is 0 Å². The molecule has 1 aromatic carbocycles. The molecule has 2 rings (SSSR count). The molecule has 2 aromatic rings. The predicted octanol–water partition coefficient (Wildman–Crippen LogP) is 3.19. The number of para-hydroxylation sites is 1. The van der Waals surface area contributed by atoms with Gasteiger partial charge < -0.3 is 0 Å². The summed E-state index contributed by atoms with van der Waals surface area (Å²) in [7, 11) is 0. The molecule has 0 aliphatic heterocycles. The van der Waals surface area contributed by atoms with E-state index in [1.165, 1.54) is 6.07 Å². The van der Waals surface area contributed by atoms with Crippen LogP contribution in [-0.4, -0.2) is 4.57 Å². The van der Waals surface area contributed by atoms with Crippen LogP contribution in [0.5, 0.6) is 0 Å². The monoisotopic (exact) mass is 299 g/mol. The minimum absolute atomic E-state index is 0.255. The van der Waals surface area contributed by atoms with E-state index in [0.717, 1.165) is 16.7 Å². The van der Waals surface area contributed by atoms with Crippen LogP contribution >= 0.6 is 15.9 Å². The first-order valence-corrected chi connectivity index (χ1v) is 5.64. The van der Waals surface area contributed by atoms with Gasteiger partial charge in [-0.2, -0.15) is 0 Å². The molecule has 5 heteroatoms. The first-order chi connectivity index (χ1) is 8.02. The van der Waals surface area contributed by atoms with Crippen LogP contribution in [0.4, 0.5) is 8.78 Å². The van der Waals surface area contributed by atoms with Gasteiger partial charge >= 0.3 is 0 Å². The first kappa shape index (κ1) is 12.0. The van der Waals surface area contributed by atoms with E-state index in [2.05, 4.69) is 15.9 Å². The van der Waals surface area contributed by atoms with E-state index in [1.54, 1.807) is 19.1 Å². The molecule has 0 spiro atoms. The Balaban J connectivity index is 2.87. The van der Waals surface area contributed by atoms with Crippen molar-refractivity contribution in [3.63, 3.8) is 0 Å². The quantitative estimate of drug-likeness (QED) is 0.793. The molecule has 0 saturated carbocycles. The molecule has 0 bridgehead atoms. The Morgan fingerprint density at radius 2 is 1.71 bits per heavy atom. The first-order valence-electron chi connectivity index (χ1n) is 4.85. The highest BCUT2D eigenvalue weighted by atomic mass is 79.9. The fraction of sp³-hybridized carbons (Fsp3) is 0.0833. The van der Waals surface area contributed by atoms with Crippen molar-refractivity contribution in [3.8, 4) is 5.69 Å². The molecule has 1 aromatic heterocycles. The Bertz CT molecular complexity index is 617. The lowest BCUT2D eigenvalue weighted by Gasteiger charge is -2.11. The van der Waals surface area contributed by atoms with E-state index >= 15 is 0 Å². The van der Waals surface area contributed by atoms with Crippen molar-refractivity contribution in [2.45, 2.75) is 6.92 Å². The second-order valence-electron chi connectivity index (χ2n) is 3.53. The number of nitrogens with zero attached hydrogens (tertiary/aromatic N) is 1. The Morgan fingerprint density at radius 1 is 1.12 bits per heavy atom. The number of aromatic nitrogens is 1. The van der Waals surface area contributed by atoms with Crippen molar-refractivity contribution in [1.82, 2.24) is 4.57 Å². The third-order valence-corrected chi connectivity index (χ3v) is 3.00. The zero-order valence-corrected chi connectivity index (χ0v) is 10.5. The topological polar surface area (TPSA) is 22.0 Å². The molecule has 2 nitrogen and oxygen atoms in total. The third kappa shape index (κ3) is 2.02. The van der Waals surface area contributed by atoms with Crippen LogP contribution in [0.25, 0.3) is 5.69 Å². The molecular formula is C12H8BrF2NO. The summed E-state index contributed by atoms with van der Waals surface area (Å²) in [4.78, 5) is 11.9. The Labute approximate surface area is 105 Å². The number of hydrogen-bond acceptors (Lipinski definition) is 1. The van der Waals surface area contributed by atoms with Crippen LogP contribution in [0, 0.1) is 18.6 Å². The van der Waals surface area contributed by atoms with Gasteiger partial charge in [0.05, 0.1) is 4.47 Å². The fourth-order valence-electron chi connectivity index (χ4n) is 1.59. The molecule has 0 atom stereocenters. The van der Waals surface area contributed by atoms with Gasteiger partial charge in [0.1, 0.15) is 17.3 Å². The minimum atomic E-state index is -0.770. The summed E-state index contributed by atoms with van der Waals surface area (Å²) in [5.74, 6) is -1.54. The molecule has 0 aliphatic rings.